The number of rotatable bonds is 3. The van der Waals surface area contributed by atoms with Crippen molar-refractivity contribution in [3.63, 3.8) is 0 Å². The molecule has 0 amide bonds. The molecule has 2 heterocycles. The third kappa shape index (κ3) is 2.61. The molecule has 4 nitrogen and oxygen atoms in total. The number of para-hydroxylation sites is 2. The monoisotopic (exact) mass is 353 g/mol. The molecule has 3 aromatic carbocycles. The first-order chi connectivity index (χ1) is 13.2. The maximum atomic E-state index is 5.44. The maximum Gasteiger partial charge on any atom is 0.160 e. The van der Waals surface area contributed by atoms with Gasteiger partial charge in [-0.3, -0.25) is 0 Å². The van der Waals surface area contributed by atoms with Crippen molar-refractivity contribution in [2.45, 2.75) is 13.5 Å². The molecule has 5 aromatic rings. The van der Waals surface area contributed by atoms with Crippen LogP contribution in [0.2, 0.25) is 0 Å². The molecule has 0 atom stereocenters. The molecule has 0 fully saturated rings. The van der Waals surface area contributed by atoms with Gasteiger partial charge in [-0.05, 0) is 42.8 Å². The molecule has 0 spiro atoms. The van der Waals surface area contributed by atoms with Gasteiger partial charge in [0.15, 0.2) is 5.65 Å². The molecule has 0 aliphatic carbocycles. The Kier molecular flexibility index (Phi) is 3.57. The van der Waals surface area contributed by atoms with Crippen LogP contribution >= 0.6 is 0 Å². The zero-order valence-corrected chi connectivity index (χ0v) is 15.3. The van der Waals surface area contributed by atoms with Crippen molar-refractivity contribution in [1.82, 2.24) is 14.5 Å². The number of ether oxygens (including phenoxy) is 1. The topological polar surface area (TPSA) is 39.9 Å². The standard InChI is InChI=1S/C23H19N3O/c1-15-7-9-16(10-8-15)14-26-21-12-11-17(27-2)13-18(21)22-23(26)25-20-6-4-3-5-19(20)24-22/h3-13H,14H2,1-2H3. The second-order valence-corrected chi connectivity index (χ2v) is 6.84. The number of hydrogen-bond donors (Lipinski definition) is 0. The summed E-state index contributed by atoms with van der Waals surface area (Å²) in [5.41, 5.74) is 7.24. The van der Waals surface area contributed by atoms with Crippen LogP contribution < -0.4 is 4.74 Å². The quantitative estimate of drug-likeness (QED) is 0.453. The molecule has 0 bridgehead atoms. The van der Waals surface area contributed by atoms with Gasteiger partial charge in [-0.25, -0.2) is 9.97 Å². The molecule has 0 aliphatic heterocycles. The molecule has 4 heteroatoms. The minimum Gasteiger partial charge on any atom is -0.497 e. The van der Waals surface area contributed by atoms with Crippen LogP contribution in [0.4, 0.5) is 0 Å². The van der Waals surface area contributed by atoms with Gasteiger partial charge >= 0.3 is 0 Å². The minimum absolute atomic E-state index is 0.750. The molecule has 5 rings (SSSR count). The molecule has 0 radical (unpaired) electrons. The summed E-state index contributed by atoms with van der Waals surface area (Å²) in [5, 5.41) is 1.06. The fourth-order valence-electron chi connectivity index (χ4n) is 3.58. The first kappa shape index (κ1) is 15.8. The average Bonchev–Trinajstić information content (AvgIpc) is 3.00. The van der Waals surface area contributed by atoms with Gasteiger partial charge in [0.1, 0.15) is 11.3 Å². The summed E-state index contributed by atoms with van der Waals surface area (Å²) in [6, 6.07) is 22.8. The van der Waals surface area contributed by atoms with Crippen LogP contribution in [-0.4, -0.2) is 21.6 Å². The van der Waals surface area contributed by atoms with Gasteiger partial charge in [0.2, 0.25) is 0 Å². The van der Waals surface area contributed by atoms with E-state index in [2.05, 4.69) is 41.8 Å². The predicted octanol–water partition coefficient (Wildman–Crippen LogP) is 5.10. The van der Waals surface area contributed by atoms with Crippen molar-refractivity contribution in [3.8, 4) is 5.75 Å². The predicted molar refractivity (Wildman–Crippen MR) is 109 cm³/mol. The Morgan fingerprint density at radius 3 is 2.37 bits per heavy atom. The van der Waals surface area contributed by atoms with Gasteiger partial charge in [0.25, 0.3) is 0 Å². The largest absolute Gasteiger partial charge is 0.497 e. The van der Waals surface area contributed by atoms with Crippen molar-refractivity contribution < 1.29 is 4.74 Å². The van der Waals surface area contributed by atoms with Crippen LogP contribution in [0.25, 0.3) is 33.1 Å². The number of benzene rings is 3. The van der Waals surface area contributed by atoms with Gasteiger partial charge < -0.3 is 9.30 Å². The van der Waals surface area contributed by atoms with Gasteiger partial charge in [-0.2, -0.15) is 0 Å². The summed E-state index contributed by atoms with van der Waals surface area (Å²) < 4.78 is 7.69. The highest BCUT2D eigenvalue weighted by atomic mass is 16.5. The van der Waals surface area contributed by atoms with E-state index in [-0.39, 0.29) is 0 Å². The lowest BCUT2D eigenvalue weighted by Gasteiger charge is -2.08. The highest BCUT2D eigenvalue weighted by Gasteiger charge is 2.15. The highest BCUT2D eigenvalue weighted by molar-refractivity contribution is 6.07. The summed E-state index contributed by atoms with van der Waals surface area (Å²) in [5.74, 6) is 0.826. The smallest absolute Gasteiger partial charge is 0.160 e. The van der Waals surface area contributed by atoms with Crippen molar-refractivity contribution in [2.24, 2.45) is 0 Å². The Labute approximate surface area is 157 Å². The molecule has 0 aliphatic rings. The highest BCUT2D eigenvalue weighted by Crippen LogP contribution is 2.31. The lowest BCUT2D eigenvalue weighted by atomic mass is 10.1. The summed E-state index contributed by atoms with van der Waals surface area (Å²) >= 11 is 0. The van der Waals surface area contributed by atoms with E-state index < -0.39 is 0 Å². The van der Waals surface area contributed by atoms with Crippen molar-refractivity contribution in [1.29, 1.82) is 0 Å². The molecule has 0 saturated heterocycles. The second-order valence-electron chi connectivity index (χ2n) is 6.84. The van der Waals surface area contributed by atoms with Gasteiger partial charge in [-0.1, -0.05) is 42.0 Å². The molecule has 2 aromatic heterocycles. The zero-order valence-electron chi connectivity index (χ0n) is 15.3. The third-order valence-corrected chi connectivity index (χ3v) is 5.02. The van der Waals surface area contributed by atoms with Gasteiger partial charge in [0.05, 0.1) is 23.7 Å². The lowest BCUT2D eigenvalue weighted by Crippen LogP contribution is -2.01. The summed E-state index contributed by atoms with van der Waals surface area (Å²) in [6.07, 6.45) is 0. The number of fused-ring (bicyclic) bond motifs is 4. The van der Waals surface area contributed by atoms with E-state index in [1.54, 1.807) is 7.11 Å². The van der Waals surface area contributed by atoms with Crippen LogP contribution in [0.1, 0.15) is 11.1 Å². The first-order valence-electron chi connectivity index (χ1n) is 9.01. The summed E-state index contributed by atoms with van der Waals surface area (Å²) in [6.45, 7) is 2.85. The zero-order chi connectivity index (χ0) is 18.4. The molecule has 0 unspecified atom stereocenters. The van der Waals surface area contributed by atoms with E-state index in [4.69, 9.17) is 14.7 Å². The van der Waals surface area contributed by atoms with Crippen molar-refractivity contribution in [3.05, 3.63) is 77.9 Å². The Bertz CT molecular complexity index is 1290. The van der Waals surface area contributed by atoms with Crippen molar-refractivity contribution >= 4 is 33.1 Å². The van der Waals surface area contributed by atoms with Gasteiger partial charge in [-0.15, -0.1) is 0 Å². The molecular formula is C23H19N3O. The first-order valence-corrected chi connectivity index (χ1v) is 9.01. The number of methoxy groups -OCH3 is 1. The van der Waals surface area contributed by atoms with Crippen LogP contribution in [0, 0.1) is 6.92 Å². The number of aromatic nitrogens is 3. The Morgan fingerprint density at radius 2 is 1.63 bits per heavy atom. The van der Waals surface area contributed by atoms with E-state index >= 15 is 0 Å². The normalized spacial score (nSPS) is 11.5. The fourth-order valence-corrected chi connectivity index (χ4v) is 3.58. The Balaban J connectivity index is 1.82. The minimum atomic E-state index is 0.750. The maximum absolute atomic E-state index is 5.44. The molecule has 132 valence electrons. The molecular weight excluding hydrogens is 334 g/mol. The third-order valence-electron chi connectivity index (χ3n) is 5.02. The fraction of sp³-hybridized carbons (Fsp3) is 0.130. The molecule has 27 heavy (non-hydrogen) atoms. The number of hydrogen-bond acceptors (Lipinski definition) is 3. The van der Waals surface area contributed by atoms with Crippen molar-refractivity contribution in [2.75, 3.05) is 7.11 Å². The van der Waals surface area contributed by atoms with Crippen LogP contribution in [0.3, 0.4) is 0 Å². The number of nitrogens with zero attached hydrogens (tertiary/aromatic N) is 3. The van der Waals surface area contributed by atoms with Crippen LogP contribution in [0.15, 0.2) is 66.7 Å². The second kappa shape index (κ2) is 6.09. The Morgan fingerprint density at radius 1 is 0.889 bits per heavy atom. The summed E-state index contributed by atoms with van der Waals surface area (Å²) in [7, 11) is 1.69. The van der Waals surface area contributed by atoms with E-state index in [0.29, 0.717) is 0 Å². The SMILES string of the molecule is COc1ccc2c(c1)c1nc3ccccc3nc1n2Cc1ccc(C)cc1. The van der Waals surface area contributed by atoms with E-state index in [1.807, 2.05) is 36.4 Å². The average molecular weight is 353 g/mol. The Hall–Kier alpha value is -3.40. The van der Waals surface area contributed by atoms with E-state index in [1.165, 1.54) is 11.1 Å². The van der Waals surface area contributed by atoms with Crippen LogP contribution in [0.5, 0.6) is 5.75 Å². The van der Waals surface area contributed by atoms with Gasteiger partial charge in [0, 0.05) is 11.9 Å². The number of aryl methyl sites for hydroxylation is 1. The van der Waals surface area contributed by atoms with Crippen LogP contribution in [-0.2, 0) is 6.54 Å². The summed E-state index contributed by atoms with van der Waals surface area (Å²) in [4.78, 5) is 9.86. The van der Waals surface area contributed by atoms with E-state index in [0.717, 1.165) is 45.4 Å². The lowest BCUT2D eigenvalue weighted by molar-refractivity contribution is 0.415. The molecule has 0 N–H and O–H groups in total. The van der Waals surface area contributed by atoms with E-state index in [9.17, 15) is 0 Å². The molecule has 0 saturated carbocycles.